The highest BCUT2D eigenvalue weighted by atomic mass is 16.1. The van der Waals surface area contributed by atoms with Gasteiger partial charge in [0.05, 0.1) is 0 Å². The zero-order valence-corrected chi connectivity index (χ0v) is 12.2. The van der Waals surface area contributed by atoms with Crippen LogP contribution in [0.1, 0.15) is 27.0 Å². The molecule has 3 heteroatoms. The molecule has 104 valence electrons. The molecule has 0 fully saturated rings. The van der Waals surface area contributed by atoms with Crippen molar-refractivity contribution in [2.75, 3.05) is 12.4 Å². The van der Waals surface area contributed by atoms with E-state index in [4.69, 9.17) is 0 Å². The molecule has 2 aromatic rings. The molecule has 0 aliphatic heterocycles. The van der Waals surface area contributed by atoms with Crippen LogP contribution in [0.25, 0.3) is 0 Å². The Morgan fingerprint density at radius 1 is 1.05 bits per heavy atom. The number of benzene rings is 2. The number of rotatable bonds is 4. The summed E-state index contributed by atoms with van der Waals surface area (Å²) >= 11 is 0. The highest BCUT2D eigenvalue weighted by Crippen LogP contribution is 2.14. The lowest BCUT2D eigenvalue weighted by molar-refractivity contribution is 0.102. The Bertz CT molecular complexity index is 600. The lowest BCUT2D eigenvalue weighted by atomic mass is 10.1. The van der Waals surface area contributed by atoms with Crippen molar-refractivity contribution in [3.05, 3.63) is 64.7 Å². The Labute approximate surface area is 120 Å². The Morgan fingerprint density at radius 2 is 1.75 bits per heavy atom. The molecule has 0 saturated heterocycles. The number of amides is 1. The standard InChI is InChI=1S/C17H20N2O/c1-12-7-13(2)9-15(8-12)17(20)19-16-6-4-5-14(10-16)11-18-3/h4-10,18H,11H2,1-3H3,(H,19,20). The van der Waals surface area contributed by atoms with Crippen molar-refractivity contribution in [3.63, 3.8) is 0 Å². The number of hydrogen-bond acceptors (Lipinski definition) is 2. The highest BCUT2D eigenvalue weighted by Gasteiger charge is 2.07. The molecule has 0 aliphatic rings. The van der Waals surface area contributed by atoms with Gasteiger partial charge in [-0.1, -0.05) is 29.3 Å². The smallest absolute Gasteiger partial charge is 0.255 e. The van der Waals surface area contributed by atoms with Crippen LogP contribution in [0.3, 0.4) is 0 Å². The first-order valence-electron chi connectivity index (χ1n) is 6.71. The molecule has 20 heavy (non-hydrogen) atoms. The number of carbonyl (C=O) groups excluding carboxylic acids is 1. The van der Waals surface area contributed by atoms with Crippen LogP contribution in [0, 0.1) is 13.8 Å². The van der Waals surface area contributed by atoms with E-state index in [1.54, 1.807) is 0 Å². The average Bonchev–Trinajstić information content (AvgIpc) is 2.38. The van der Waals surface area contributed by atoms with Crippen LogP contribution in [0.2, 0.25) is 0 Å². The molecule has 0 atom stereocenters. The molecule has 0 saturated carbocycles. The second-order valence-corrected chi connectivity index (χ2v) is 5.06. The van der Waals surface area contributed by atoms with E-state index in [-0.39, 0.29) is 5.91 Å². The minimum Gasteiger partial charge on any atom is -0.322 e. The van der Waals surface area contributed by atoms with E-state index in [0.717, 1.165) is 28.9 Å². The number of anilines is 1. The maximum atomic E-state index is 12.3. The van der Waals surface area contributed by atoms with Crippen molar-refractivity contribution < 1.29 is 4.79 Å². The normalized spacial score (nSPS) is 10.3. The van der Waals surface area contributed by atoms with Gasteiger partial charge in [-0.2, -0.15) is 0 Å². The molecule has 0 heterocycles. The first-order valence-corrected chi connectivity index (χ1v) is 6.71. The Kier molecular flexibility index (Phi) is 4.53. The third kappa shape index (κ3) is 3.68. The predicted molar refractivity (Wildman–Crippen MR) is 83.1 cm³/mol. The molecule has 0 bridgehead atoms. The van der Waals surface area contributed by atoms with E-state index in [2.05, 4.69) is 16.7 Å². The van der Waals surface area contributed by atoms with Gasteiger partial charge in [-0.15, -0.1) is 0 Å². The van der Waals surface area contributed by atoms with Crippen molar-refractivity contribution in [1.82, 2.24) is 5.32 Å². The summed E-state index contributed by atoms with van der Waals surface area (Å²) in [4.78, 5) is 12.3. The largest absolute Gasteiger partial charge is 0.322 e. The summed E-state index contributed by atoms with van der Waals surface area (Å²) in [6.45, 7) is 4.78. The summed E-state index contributed by atoms with van der Waals surface area (Å²) in [6.07, 6.45) is 0. The summed E-state index contributed by atoms with van der Waals surface area (Å²) in [7, 11) is 1.90. The summed E-state index contributed by atoms with van der Waals surface area (Å²) in [6, 6.07) is 13.7. The molecule has 0 aromatic heterocycles. The van der Waals surface area contributed by atoms with Gasteiger partial charge >= 0.3 is 0 Å². The summed E-state index contributed by atoms with van der Waals surface area (Å²) < 4.78 is 0. The number of nitrogens with one attached hydrogen (secondary N) is 2. The SMILES string of the molecule is CNCc1cccc(NC(=O)c2cc(C)cc(C)c2)c1. The van der Waals surface area contributed by atoms with Crippen LogP contribution >= 0.6 is 0 Å². The van der Waals surface area contributed by atoms with Crippen molar-refractivity contribution in [2.45, 2.75) is 20.4 Å². The fourth-order valence-electron chi connectivity index (χ4n) is 2.27. The van der Waals surface area contributed by atoms with E-state index < -0.39 is 0 Å². The molecular formula is C17H20N2O. The average molecular weight is 268 g/mol. The first kappa shape index (κ1) is 14.3. The molecule has 0 spiro atoms. The number of carbonyl (C=O) groups is 1. The second-order valence-electron chi connectivity index (χ2n) is 5.06. The van der Waals surface area contributed by atoms with Gasteiger partial charge in [-0.25, -0.2) is 0 Å². The Morgan fingerprint density at radius 3 is 2.40 bits per heavy atom. The van der Waals surface area contributed by atoms with Gasteiger partial charge in [0.25, 0.3) is 5.91 Å². The van der Waals surface area contributed by atoms with Crippen LogP contribution in [-0.4, -0.2) is 13.0 Å². The van der Waals surface area contributed by atoms with Crippen molar-refractivity contribution in [2.24, 2.45) is 0 Å². The molecule has 0 aliphatic carbocycles. The van der Waals surface area contributed by atoms with Crippen molar-refractivity contribution in [1.29, 1.82) is 0 Å². The zero-order valence-electron chi connectivity index (χ0n) is 12.2. The van der Waals surface area contributed by atoms with Crippen molar-refractivity contribution >= 4 is 11.6 Å². The fraction of sp³-hybridized carbons (Fsp3) is 0.235. The lowest BCUT2D eigenvalue weighted by Gasteiger charge is -2.09. The third-order valence-corrected chi connectivity index (χ3v) is 3.05. The molecule has 2 N–H and O–H groups in total. The molecule has 0 unspecified atom stereocenters. The molecule has 2 aromatic carbocycles. The number of aryl methyl sites for hydroxylation is 2. The minimum atomic E-state index is -0.0709. The first-order chi connectivity index (χ1) is 9.58. The van der Waals surface area contributed by atoms with Crippen LogP contribution in [0.5, 0.6) is 0 Å². The van der Waals surface area contributed by atoms with Crippen LogP contribution in [0.4, 0.5) is 5.69 Å². The Hall–Kier alpha value is -2.13. The van der Waals surface area contributed by atoms with Gasteiger partial charge < -0.3 is 10.6 Å². The topological polar surface area (TPSA) is 41.1 Å². The number of hydrogen-bond donors (Lipinski definition) is 2. The van der Waals surface area contributed by atoms with Crippen LogP contribution < -0.4 is 10.6 Å². The summed E-state index contributed by atoms with van der Waals surface area (Å²) in [5.74, 6) is -0.0709. The zero-order chi connectivity index (χ0) is 14.5. The maximum absolute atomic E-state index is 12.3. The molecule has 1 amide bonds. The molecular weight excluding hydrogens is 248 g/mol. The summed E-state index contributed by atoms with van der Waals surface area (Å²) in [5.41, 5.74) is 4.85. The van der Waals surface area contributed by atoms with Gasteiger partial charge in [-0.05, 0) is 50.7 Å². The highest BCUT2D eigenvalue weighted by molar-refractivity contribution is 6.04. The third-order valence-electron chi connectivity index (χ3n) is 3.05. The second kappa shape index (κ2) is 6.35. The van der Waals surface area contributed by atoms with E-state index in [1.807, 2.05) is 57.3 Å². The fourth-order valence-corrected chi connectivity index (χ4v) is 2.27. The molecule has 2 rings (SSSR count). The lowest BCUT2D eigenvalue weighted by Crippen LogP contribution is -2.13. The van der Waals surface area contributed by atoms with Gasteiger partial charge in [-0.3, -0.25) is 4.79 Å². The van der Waals surface area contributed by atoms with Gasteiger partial charge in [0.15, 0.2) is 0 Å². The maximum Gasteiger partial charge on any atom is 0.255 e. The van der Waals surface area contributed by atoms with Crippen LogP contribution in [0.15, 0.2) is 42.5 Å². The molecule has 3 nitrogen and oxygen atoms in total. The van der Waals surface area contributed by atoms with Gasteiger partial charge in [0, 0.05) is 17.8 Å². The van der Waals surface area contributed by atoms with Gasteiger partial charge in [0.1, 0.15) is 0 Å². The molecule has 0 radical (unpaired) electrons. The Balaban J connectivity index is 2.16. The van der Waals surface area contributed by atoms with E-state index in [0.29, 0.717) is 5.56 Å². The predicted octanol–water partition coefficient (Wildman–Crippen LogP) is 3.28. The van der Waals surface area contributed by atoms with E-state index >= 15 is 0 Å². The van der Waals surface area contributed by atoms with E-state index in [9.17, 15) is 4.79 Å². The summed E-state index contributed by atoms with van der Waals surface area (Å²) in [5, 5.41) is 6.04. The van der Waals surface area contributed by atoms with Crippen molar-refractivity contribution in [3.8, 4) is 0 Å². The van der Waals surface area contributed by atoms with Crippen LogP contribution in [-0.2, 0) is 6.54 Å². The quantitative estimate of drug-likeness (QED) is 0.893. The van der Waals surface area contributed by atoms with E-state index in [1.165, 1.54) is 0 Å². The monoisotopic (exact) mass is 268 g/mol. The van der Waals surface area contributed by atoms with Gasteiger partial charge in [0.2, 0.25) is 0 Å². The minimum absolute atomic E-state index is 0.0709.